The Balaban J connectivity index is 2.37. The first kappa shape index (κ1) is 24.2. The first-order valence-electron chi connectivity index (χ1n) is 10.3. The van der Waals surface area contributed by atoms with Gasteiger partial charge in [0.1, 0.15) is 17.7 Å². The number of hydrogen-bond acceptors (Lipinski definition) is 8. The van der Waals surface area contributed by atoms with E-state index in [4.69, 9.17) is 4.74 Å². The number of methoxy groups -OCH3 is 1. The Morgan fingerprint density at radius 2 is 2.12 bits per heavy atom. The van der Waals surface area contributed by atoms with E-state index >= 15 is 0 Å². The van der Waals surface area contributed by atoms with Gasteiger partial charge >= 0.3 is 0 Å². The van der Waals surface area contributed by atoms with Crippen molar-refractivity contribution in [3.8, 4) is 0 Å². The number of halogens is 1. The van der Waals surface area contributed by atoms with Gasteiger partial charge < -0.3 is 20.0 Å². The molecule has 0 unspecified atom stereocenters. The molecule has 0 saturated heterocycles. The summed E-state index contributed by atoms with van der Waals surface area (Å²) in [6.45, 7) is 3.54. The number of ether oxygens (including phenoxy) is 1. The van der Waals surface area contributed by atoms with Crippen molar-refractivity contribution in [2.24, 2.45) is 5.16 Å². The van der Waals surface area contributed by atoms with Crippen LogP contribution in [0.2, 0.25) is 0 Å². The van der Waals surface area contributed by atoms with Gasteiger partial charge in [-0.25, -0.2) is 9.37 Å². The van der Waals surface area contributed by atoms with Crippen molar-refractivity contribution in [1.82, 2.24) is 9.88 Å². The van der Waals surface area contributed by atoms with E-state index in [0.717, 1.165) is 5.56 Å². The Morgan fingerprint density at radius 3 is 2.70 bits per heavy atom. The van der Waals surface area contributed by atoms with Crippen LogP contribution in [0.25, 0.3) is 16.6 Å². The summed E-state index contributed by atoms with van der Waals surface area (Å²) in [5.41, 5.74) is 1.36. The summed E-state index contributed by atoms with van der Waals surface area (Å²) in [4.78, 5) is 30.1. The van der Waals surface area contributed by atoms with Gasteiger partial charge in [0, 0.05) is 54.4 Å². The molecule has 1 aliphatic heterocycles. The van der Waals surface area contributed by atoms with Crippen LogP contribution in [0.4, 0.5) is 4.39 Å². The Labute approximate surface area is 190 Å². The molecule has 0 spiro atoms. The highest BCUT2D eigenvalue weighted by Gasteiger charge is 2.34. The minimum atomic E-state index is -1.92. The third-order valence-electron chi connectivity index (χ3n) is 5.92. The molecule has 0 aliphatic carbocycles. The van der Waals surface area contributed by atoms with Crippen LogP contribution in [0, 0.1) is 12.7 Å². The van der Waals surface area contributed by atoms with Crippen LogP contribution in [0.15, 0.2) is 34.5 Å². The smallest absolute Gasteiger partial charge is 0.156 e. The number of aliphatic hydroxyl groups is 1. The molecule has 0 saturated carbocycles. The lowest BCUT2D eigenvalue weighted by molar-refractivity contribution is -0.120. The number of hydrogen-bond donors (Lipinski definition) is 2. The average Bonchev–Trinajstić information content (AvgIpc) is 3.11. The number of pyridine rings is 1. The van der Waals surface area contributed by atoms with Crippen LogP contribution in [-0.2, 0) is 20.9 Å². The SMILES string of the molecule is CC[C@@](O)(C=O)C(/C=C1/c2nc3cc(F)c(C)cc3c(/C=N/O)c2CN1C)=C(/C=O)COC. The quantitative estimate of drug-likeness (QED) is 0.207. The van der Waals surface area contributed by atoms with E-state index in [-0.39, 0.29) is 24.2 Å². The molecule has 2 N–H and O–H groups in total. The molecule has 9 heteroatoms. The number of aryl methyl sites for hydroxylation is 1. The van der Waals surface area contributed by atoms with E-state index in [1.807, 2.05) is 4.90 Å². The zero-order chi connectivity index (χ0) is 24.3. The zero-order valence-corrected chi connectivity index (χ0v) is 18.9. The summed E-state index contributed by atoms with van der Waals surface area (Å²) < 4.78 is 19.4. The number of carbonyl (C=O) groups is 2. The summed E-state index contributed by atoms with van der Waals surface area (Å²) in [6, 6.07) is 2.95. The van der Waals surface area contributed by atoms with Crippen molar-refractivity contribution >= 4 is 35.4 Å². The molecule has 3 rings (SSSR count). The number of rotatable bonds is 8. The maximum absolute atomic E-state index is 14.3. The molecule has 0 bridgehead atoms. The summed E-state index contributed by atoms with van der Waals surface area (Å²) in [7, 11) is 3.19. The number of oxime groups is 1. The largest absolute Gasteiger partial charge is 0.411 e. The summed E-state index contributed by atoms with van der Waals surface area (Å²) >= 11 is 0. The molecule has 8 nitrogen and oxygen atoms in total. The van der Waals surface area contributed by atoms with E-state index in [0.29, 0.717) is 52.5 Å². The molecule has 1 atom stereocenters. The molecular formula is C24H26FN3O5. The van der Waals surface area contributed by atoms with Gasteiger partial charge in [0.15, 0.2) is 6.29 Å². The van der Waals surface area contributed by atoms with E-state index < -0.39 is 11.4 Å². The van der Waals surface area contributed by atoms with Crippen molar-refractivity contribution in [2.45, 2.75) is 32.4 Å². The van der Waals surface area contributed by atoms with Gasteiger partial charge in [-0.3, -0.25) is 9.59 Å². The topological polar surface area (TPSA) is 112 Å². The van der Waals surface area contributed by atoms with Gasteiger partial charge in [0.05, 0.1) is 29.7 Å². The molecule has 33 heavy (non-hydrogen) atoms. The average molecular weight is 455 g/mol. The monoisotopic (exact) mass is 455 g/mol. The minimum absolute atomic E-state index is 0.0330. The fourth-order valence-electron chi connectivity index (χ4n) is 4.02. The second-order valence-electron chi connectivity index (χ2n) is 7.99. The van der Waals surface area contributed by atoms with E-state index in [9.17, 15) is 24.3 Å². The molecule has 0 amide bonds. The summed E-state index contributed by atoms with van der Waals surface area (Å²) in [5, 5.41) is 24.0. The van der Waals surface area contributed by atoms with Crippen LogP contribution in [0.1, 0.15) is 35.7 Å². The molecule has 2 heterocycles. The van der Waals surface area contributed by atoms with Crippen molar-refractivity contribution in [1.29, 1.82) is 0 Å². The second kappa shape index (κ2) is 9.60. The van der Waals surface area contributed by atoms with Gasteiger partial charge in [0.2, 0.25) is 0 Å². The molecule has 1 aliphatic rings. The molecule has 0 radical (unpaired) electrons. The number of carbonyl (C=O) groups excluding carboxylic acids is 2. The van der Waals surface area contributed by atoms with Crippen LogP contribution < -0.4 is 0 Å². The van der Waals surface area contributed by atoms with E-state index in [2.05, 4.69) is 10.1 Å². The minimum Gasteiger partial charge on any atom is -0.411 e. The van der Waals surface area contributed by atoms with E-state index in [1.54, 1.807) is 27.0 Å². The summed E-state index contributed by atoms with van der Waals surface area (Å²) in [6.07, 6.45) is 3.79. The summed E-state index contributed by atoms with van der Waals surface area (Å²) in [5.74, 6) is -0.427. The molecule has 0 fully saturated rings. The fourth-order valence-corrected chi connectivity index (χ4v) is 4.02. The number of aromatic nitrogens is 1. The Morgan fingerprint density at radius 1 is 1.39 bits per heavy atom. The van der Waals surface area contributed by atoms with Gasteiger partial charge in [-0.2, -0.15) is 0 Å². The lowest BCUT2D eigenvalue weighted by atomic mass is 9.87. The predicted molar refractivity (Wildman–Crippen MR) is 122 cm³/mol. The normalized spacial score (nSPS) is 17.4. The van der Waals surface area contributed by atoms with Crippen molar-refractivity contribution in [2.75, 3.05) is 20.8 Å². The first-order valence-corrected chi connectivity index (χ1v) is 10.3. The Hall–Kier alpha value is -3.43. The van der Waals surface area contributed by atoms with Gasteiger partial charge in [0.25, 0.3) is 0 Å². The maximum atomic E-state index is 14.3. The molecule has 2 aromatic rings. The fraction of sp³-hybridized carbons (Fsp3) is 0.333. The maximum Gasteiger partial charge on any atom is 0.156 e. The van der Waals surface area contributed by atoms with Crippen molar-refractivity contribution in [3.05, 3.63) is 57.6 Å². The predicted octanol–water partition coefficient (Wildman–Crippen LogP) is 2.76. The third-order valence-corrected chi connectivity index (χ3v) is 5.92. The molecule has 174 valence electrons. The number of nitrogens with zero attached hydrogens (tertiary/aromatic N) is 3. The van der Waals surface area contributed by atoms with Crippen LogP contribution in [-0.4, -0.2) is 65.3 Å². The lowest BCUT2D eigenvalue weighted by Crippen LogP contribution is -2.33. The number of aldehydes is 2. The first-order chi connectivity index (χ1) is 15.7. The highest BCUT2D eigenvalue weighted by molar-refractivity contribution is 6.02. The zero-order valence-electron chi connectivity index (χ0n) is 18.9. The van der Waals surface area contributed by atoms with Gasteiger partial charge in [-0.1, -0.05) is 12.1 Å². The van der Waals surface area contributed by atoms with Crippen LogP contribution >= 0.6 is 0 Å². The van der Waals surface area contributed by atoms with E-state index in [1.165, 1.54) is 25.5 Å². The third kappa shape index (κ3) is 4.29. The molecule has 1 aromatic heterocycles. The van der Waals surface area contributed by atoms with Gasteiger partial charge in [-0.15, -0.1) is 0 Å². The highest BCUT2D eigenvalue weighted by Crippen LogP contribution is 2.38. The molecular weight excluding hydrogens is 429 g/mol. The molecule has 1 aromatic carbocycles. The van der Waals surface area contributed by atoms with Gasteiger partial charge in [-0.05, 0) is 31.1 Å². The van der Waals surface area contributed by atoms with Crippen LogP contribution in [0.5, 0.6) is 0 Å². The van der Waals surface area contributed by atoms with Crippen molar-refractivity contribution < 1.29 is 29.0 Å². The number of fused-ring (bicyclic) bond motifs is 2. The lowest BCUT2D eigenvalue weighted by Gasteiger charge is -2.25. The standard InChI is InChI=1S/C24H26FN3O5/c1-5-24(31,13-30)19(15(11-29)12-33-4)7-22-23-18(10-28(22)3)17(9-26-32)16-6-14(2)20(25)8-21(16)27-23/h6-9,11,13,31-32H,5,10,12H2,1-4H3/b19-15-,22-7-,26-9+/t24-/m1/s1. The van der Waals surface area contributed by atoms with Crippen molar-refractivity contribution in [3.63, 3.8) is 0 Å². The van der Waals surface area contributed by atoms with Crippen LogP contribution in [0.3, 0.4) is 0 Å². The Kier molecular flexibility index (Phi) is 7.04. The number of benzene rings is 1. The Bertz CT molecular complexity index is 1200. The second-order valence-corrected chi connectivity index (χ2v) is 7.99. The highest BCUT2D eigenvalue weighted by atomic mass is 19.1.